The number of carbonyl (C=O) groups excluding carboxylic acids is 1. The Labute approximate surface area is 156 Å². The van der Waals surface area contributed by atoms with E-state index in [1.165, 1.54) is 11.8 Å². The van der Waals surface area contributed by atoms with Crippen LogP contribution in [0.2, 0.25) is 0 Å². The number of anilines is 1. The first-order chi connectivity index (χ1) is 12.5. The molecule has 0 unspecified atom stereocenters. The van der Waals surface area contributed by atoms with Crippen LogP contribution in [-0.4, -0.2) is 21.0 Å². The van der Waals surface area contributed by atoms with Gasteiger partial charge in [0.2, 0.25) is 0 Å². The topological polar surface area (TPSA) is 80.9 Å². The standard InChI is InChI=1S/C19H20N4O2S/c1-5-16-17(13(4)25-23-16)18(24)22-14-6-8-15(9-7-14)26-19-20-11(2)10-12(3)21-19/h6-10H,5H2,1-4H3,(H,22,24). The minimum absolute atomic E-state index is 0.210. The summed E-state index contributed by atoms with van der Waals surface area (Å²) < 4.78 is 5.12. The zero-order valence-electron chi connectivity index (χ0n) is 15.2. The second kappa shape index (κ2) is 7.70. The summed E-state index contributed by atoms with van der Waals surface area (Å²) in [6.45, 7) is 7.59. The third kappa shape index (κ3) is 4.11. The Kier molecular flexibility index (Phi) is 5.37. The van der Waals surface area contributed by atoms with Crippen LogP contribution in [0.1, 0.15) is 40.1 Å². The number of amides is 1. The predicted molar refractivity (Wildman–Crippen MR) is 101 cm³/mol. The van der Waals surface area contributed by atoms with E-state index in [0.29, 0.717) is 34.3 Å². The fraction of sp³-hybridized carbons (Fsp3) is 0.263. The van der Waals surface area contributed by atoms with Crippen LogP contribution in [0.5, 0.6) is 0 Å². The summed E-state index contributed by atoms with van der Waals surface area (Å²) in [5.74, 6) is 0.317. The van der Waals surface area contributed by atoms with Crippen LogP contribution >= 0.6 is 11.8 Å². The fourth-order valence-electron chi connectivity index (χ4n) is 2.59. The number of aromatic nitrogens is 3. The van der Waals surface area contributed by atoms with Gasteiger partial charge in [0.15, 0.2) is 5.16 Å². The van der Waals surface area contributed by atoms with Gasteiger partial charge in [0, 0.05) is 22.0 Å². The molecule has 2 heterocycles. The highest BCUT2D eigenvalue weighted by atomic mass is 32.2. The number of rotatable bonds is 5. The molecule has 2 aromatic heterocycles. The second-order valence-corrected chi connectivity index (χ2v) is 6.97. The zero-order valence-corrected chi connectivity index (χ0v) is 16.0. The summed E-state index contributed by atoms with van der Waals surface area (Å²) in [5.41, 5.74) is 3.77. The Morgan fingerprint density at radius 3 is 2.38 bits per heavy atom. The number of aryl methyl sites for hydroxylation is 4. The van der Waals surface area contributed by atoms with E-state index in [1.54, 1.807) is 6.92 Å². The largest absolute Gasteiger partial charge is 0.361 e. The molecule has 6 nitrogen and oxygen atoms in total. The predicted octanol–water partition coefficient (Wildman–Crippen LogP) is 4.36. The first-order valence-corrected chi connectivity index (χ1v) is 9.14. The van der Waals surface area contributed by atoms with Gasteiger partial charge in [0.1, 0.15) is 11.3 Å². The first kappa shape index (κ1) is 18.1. The second-order valence-electron chi connectivity index (χ2n) is 5.93. The number of carbonyl (C=O) groups is 1. The highest BCUT2D eigenvalue weighted by Crippen LogP contribution is 2.26. The van der Waals surface area contributed by atoms with Gasteiger partial charge in [-0.2, -0.15) is 0 Å². The molecule has 7 heteroatoms. The molecule has 26 heavy (non-hydrogen) atoms. The summed E-state index contributed by atoms with van der Waals surface area (Å²) in [5, 5.41) is 7.52. The van der Waals surface area contributed by atoms with E-state index >= 15 is 0 Å². The lowest BCUT2D eigenvalue weighted by atomic mass is 10.1. The van der Waals surface area contributed by atoms with Crippen molar-refractivity contribution in [2.45, 2.75) is 44.2 Å². The quantitative estimate of drug-likeness (QED) is 0.674. The van der Waals surface area contributed by atoms with Gasteiger partial charge in [-0.3, -0.25) is 4.79 Å². The molecular weight excluding hydrogens is 348 g/mol. The van der Waals surface area contributed by atoms with Crippen molar-refractivity contribution in [3.05, 3.63) is 58.7 Å². The SMILES string of the molecule is CCc1noc(C)c1C(=O)Nc1ccc(Sc2nc(C)cc(C)n2)cc1. The molecule has 3 aromatic rings. The van der Waals surface area contributed by atoms with Gasteiger partial charge in [-0.1, -0.05) is 12.1 Å². The monoisotopic (exact) mass is 368 g/mol. The van der Waals surface area contributed by atoms with Crippen LogP contribution in [0.4, 0.5) is 5.69 Å². The Morgan fingerprint density at radius 1 is 1.12 bits per heavy atom. The molecule has 0 aliphatic rings. The van der Waals surface area contributed by atoms with Gasteiger partial charge >= 0.3 is 0 Å². The Hall–Kier alpha value is -2.67. The van der Waals surface area contributed by atoms with E-state index in [4.69, 9.17) is 4.52 Å². The van der Waals surface area contributed by atoms with Crippen LogP contribution in [0.25, 0.3) is 0 Å². The normalized spacial score (nSPS) is 10.8. The first-order valence-electron chi connectivity index (χ1n) is 8.33. The molecular formula is C19H20N4O2S. The Morgan fingerprint density at radius 2 is 1.77 bits per heavy atom. The van der Waals surface area contributed by atoms with Crippen molar-refractivity contribution >= 4 is 23.4 Å². The van der Waals surface area contributed by atoms with Crippen molar-refractivity contribution in [3.8, 4) is 0 Å². The number of benzene rings is 1. The number of nitrogens with one attached hydrogen (secondary N) is 1. The zero-order chi connectivity index (χ0) is 18.7. The highest BCUT2D eigenvalue weighted by Gasteiger charge is 2.19. The Balaban J connectivity index is 1.71. The van der Waals surface area contributed by atoms with Crippen molar-refractivity contribution < 1.29 is 9.32 Å². The van der Waals surface area contributed by atoms with Crippen molar-refractivity contribution in [1.29, 1.82) is 0 Å². The molecule has 0 atom stereocenters. The van der Waals surface area contributed by atoms with Gasteiger partial charge in [0.25, 0.3) is 5.91 Å². The van der Waals surface area contributed by atoms with Crippen molar-refractivity contribution in [2.24, 2.45) is 0 Å². The average molecular weight is 368 g/mol. The van der Waals surface area contributed by atoms with Crippen molar-refractivity contribution in [3.63, 3.8) is 0 Å². The molecule has 0 saturated heterocycles. The molecule has 0 fully saturated rings. The molecule has 1 aromatic carbocycles. The van der Waals surface area contributed by atoms with Crippen LogP contribution < -0.4 is 5.32 Å². The van der Waals surface area contributed by atoms with E-state index in [9.17, 15) is 4.79 Å². The molecule has 3 rings (SSSR count). The van der Waals surface area contributed by atoms with E-state index in [-0.39, 0.29) is 5.91 Å². The molecule has 0 bridgehead atoms. The van der Waals surface area contributed by atoms with E-state index < -0.39 is 0 Å². The molecule has 0 aliphatic heterocycles. The van der Waals surface area contributed by atoms with E-state index in [0.717, 1.165) is 16.3 Å². The molecule has 0 saturated carbocycles. The molecule has 1 N–H and O–H groups in total. The van der Waals surface area contributed by atoms with Gasteiger partial charge < -0.3 is 9.84 Å². The van der Waals surface area contributed by atoms with Gasteiger partial charge in [-0.15, -0.1) is 0 Å². The van der Waals surface area contributed by atoms with Crippen LogP contribution in [0.15, 0.2) is 44.9 Å². The third-order valence-electron chi connectivity index (χ3n) is 3.78. The van der Waals surface area contributed by atoms with Crippen LogP contribution in [-0.2, 0) is 6.42 Å². The molecule has 0 radical (unpaired) electrons. The minimum Gasteiger partial charge on any atom is -0.361 e. The number of nitrogens with zero attached hydrogens (tertiary/aromatic N) is 3. The summed E-state index contributed by atoms with van der Waals surface area (Å²) >= 11 is 1.49. The maximum absolute atomic E-state index is 12.5. The summed E-state index contributed by atoms with van der Waals surface area (Å²) in [7, 11) is 0. The maximum atomic E-state index is 12.5. The summed E-state index contributed by atoms with van der Waals surface area (Å²) in [6, 6.07) is 9.53. The van der Waals surface area contributed by atoms with Crippen molar-refractivity contribution in [1.82, 2.24) is 15.1 Å². The van der Waals surface area contributed by atoms with E-state index in [2.05, 4.69) is 20.4 Å². The molecule has 0 aliphatic carbocycles. The van der Waals surface area contributed by atoms with Crippen molar-refractivity contribution in [2.75, 3.05) is 5.32 Å². The van der Waals surface area contributed by atoms with Gasteiger partial charge in [0.05, 0.1) is 5.69 Å². The summed E-state index contributed by atoms with van der Waals surface area (Å²) in [6.07, 6.45) is 0.644. The lowest BCUT2D eigenvalue weighted by Gasteiger charge is -2.07. The number of hydrogen-bond donors (Lipinski definition) is 1. The highest BCUT2D eigenvalue weighted by molar-refractivity contribution is 7.99. The molecule has 1 amide bonds. The van der Waals surface area contributed by atoms with Gasteiger partial charge in [-0.05, 0) is 69.3 Å². The maximum Gasteiger partial charge on any atom is 0.261 e. The third-order valence-corrected chi connectivity index (χ3v) is 4.65. The molecule has 0 spiro atoms. The average Bonchev–Trinajstić information content (AvgIpc) is 2.96. The summed E-state index contributed by atoms with van der Waals surface area (Å²) in [4.78, 5) is 22.3. The smallest absolute Gasteiger partial charge is 0.261 e. The van der Waals surface area contributed by atoms with Gasteiger partial charge in [-0.25, -0.2) is 9.97 Å². The lowest BCUT2D eigenvalue weighted by molar-refractivity contribution is 0.102. The fourth-order valence-corrected chi connectivity index (χ4v) is 3.46. The minimum atomic E-state index is -0.210. The van der Waals surface area contributed by atoms with Crippen LogP contribution in [0, 0.1) is 20.8 Å². The Bertz CT molecular complexity index is 915. The molecule has 134 valence electrons. The van der Waals surface area contributed by atoms with E-state index in [1.807, 2.05) is 51.1 Å². The number of hydrogen-bond acceptors (Lipinski definition) is 6. The lowest BCUT2D eigenvalue weighted by Crippen LogP contribution is -2.14. The van der Waals surface area contributed by atoms with Crippen LogP contribution in [0.3, 0.4) is 0 Å².